The van der Waals surface area contributed by atoms with Crippen LogP contribution in [0.15, 0.2) is 12.2 Å². The van der Waals surface area contributed by atoms with Gasteiger partial charge in [0.15, 0.2) is 0 Å². The van der Waals surface area contributed by atoms with Crippen molar-refractivity contribution in [3.63, 3.8) is 0 Å². The average molecular weight is 557 g/mol. The number of aliphatic hydroxyl groups is 5. The van der Waals surface area contributed by atoms with Crippen molar-refractivity contribution in [3.05, 3.63) is 12.2 Å². The fraction of sp³-hybridized carbons (Fsp3) is 0.903. The third kappa shape index (κ3) is 12.6. The van der Waals surface area contributed by atoms with Crippen molar-refractivity contribution in [1.82, 2.24) is 10.6 Å². The molecule has 0 fully saturated rings. The number of carbonyl (C=O) groups is 1. The zero-order valence-electron chi connectivity index (χ0n) is 26.3. The van der Waals surface area contributed by atoms with E-state index in [2.05, 4.69) is 66.0 Å². The van der Waals surface area contributed by atoms with Crippen LogP contribution in [0.5, 0.6) is 0 Å². The molecule has 230 valence electrons. The molecule has 39 heavy (non-hydrogen) atoms. The molecule has 7 N–H and O–H groups in total. The Morgan fingerprint density at radius 2 is 1.49 bits per heavy atom. The van der Waals surface area contributed by atoms with Gasteiger partial charge in [0, 0.05) is 25.4 Å². The third-order valence-corrected chi connectivity index (χ3v) is 7.91. The maximum atomic E-state index is 13.2. The SMILES string of the molecule is CCC(C)(CC(C)(C)C)C(O)CC(O)C(CNC1CC=CC(O)C(O)C1O)NC(=O)CC(C)(C)CC(C)(C)C. The molecular formula is C31H60N2O6. The van der Waals surface area contributed by atoms with Gasteiger partial charge in [-0.25, -0.2) is 0 Å². The van der Waals surface area contributed by atoms with Crippen LogP contribution in [0.2, 0.25) is 0 Å². The highest BCUT2D eigenvalue weighted by Crippen LogP contribution is 2.40. The van der Waals surface area contributed by atoms with Crippen molar-refractivity contribution in [2.75, 3.05) is 6.54 Å². The minimum Gasteiger partial charge on any atom is -0.392 e. The Balaban J connectivity index is 3.08. The molecule has 1 rings (SSSR count). The van der Waals surface area contributed by atoms with Crippen LogP contribution in [0.3, 0.4) is 0 Å². The van der Waals surface area contributed by atoms with E-state index in [-0.39, 0.29) is 41.5 Å². The monoisotopic (exact) mass is 556 g/mol. The van der Waals surface area contributed by atoms with Gasteiger partial charge in [-0.05, 0) is 47.3 Å². The molecule has 8 nitrogen and oxygen atoms in total. The first kappa shape index (κ1) is 36.0. The predicted molar refractivity (Wildman–Crippen MR) is 157 cm³/mol. The lowest BCUT2D eigenvalue weighted by atomic mass is 9.69. The quantitative estimate of drug-likeness (QED) is 0.173. The molecule has 0 aromatic rings. The van der Waals surface area contributed by atoms with Crippen LogP contribution >= 0.6 is 0 Å². The second-order valence-electron chi connectivity index (χ2n) is 15.5. The van der Waals surface area contributed by atoms with Gasteiger partial charge >= 0.3 is 0 Å². The number of hydrogen-bond donors (Lipinski definition) is 7. The zero-order valence-corrected chi connectivity index (χ0v) is 26.3. The topological polar surface area (TPSA) is 142 Å². The summed E-state index contributed by atoms with van der Waals surface area (Å²) < 4.78 is 0. The zero-order chi connectivity index (χ0) is 30.4. The van der Waals surface area contributed by atoms with Crippen LogP contribution in [0, 0.1) is 21.7 Å². The molecule has 0 heterocycles. The highest BCUT2D eigenvalue weighted by atomic mass is 16.4. The molecule has 0 spiro atoms. The molecule has 0 radical (unpaired) electrons. The van der Waals surface area contributed by atoms with Gasteiger partial charge in [0.1, 0.15) is 12.2 Å². The normalized spacial score (nSPS) is 26.8. The predicted octanol–water partition coefficient (Wildman–Crippen LogP) is 3.29. The molecule has 8 heteroatoms. The summed E-state index contributed by atoms with van der Waals surface area (Å²) in [5.74, 6) is -0.186. The number of carbonyl (C=O) groups excluding carboxylic acids is 1. The summed E-state index contributed by atoms with van der Waals surface area (Å²) in [6.07, 6.45) is 0.712. The first-order chi connectivity index (χ1) is 17.6. The Labute approximate surface area is 237 Å². The van der Waals surface area contributed by atoms with Gasteiger partial charge in [-0.15, -0.1) is 0 Å². The van der Waals surface area contributed by atoms with E-state index in [1.807, 2.05) is 13.8 Å². The van der Waals surface area contributed by atoms with E-state index >= 15 is 0 Å². The van der Waals surface area contributed by atoms with Gasteiger partial charge < -0.3 is 36.2 Å². The van der Waals surface area contributed by atoms with Gasteiger partial charge in [-0.2, -0.15) is 0 Å². The first-order valence-electron chi connectivity index (χ1n) is 14.7. The summed E-state index contributed by atoms with van der Waals surface area (Å²) >= 11 is 0. The molecule has 8 unspecified atom stereocenters. The van der Waals surface area contributed by atoms with Gasteiger partial charge in [-0.3, -0.25) is 4.79 Å². The lowest BCUT2D eigenvalue weighted by Crippen LogP contribution is -2.56. The van der Waals surface area contributed by atoms with E-state index in [0.717, 1.165) is 19.3 Å². The molecule has 1 aliphatic carbocycles. The summed E-state index contributed by atoms with van der Waals surface area (Å²) in [6, 6.07) is -1.31. The second kappa shape index (κ2) is 14.2. The molecular weight excluding hydrogens is 496 g/mol. The van der Waals surface area contributed by atoms with Crippen LogP contribution in [0.4, 0.5) is 0 Å². The number of aliphatic hydroxyl groups excluding tert-OH is 5. The van der Waals surface area contributed by atoms with Crippen LogP contribution < -0.4 is 10.6 Å². The number of hydrogen-bond acceptors (Lipinski definition) is 7. The molecule has 1 amide bonds. The first-order valence-corrected chi connectivity index (χ1v) is 14.7. The van der Waals surface area contributed by atoms with Crippen LogP contribution in [-0.4, -0.2) is 80.6 Å². The third-order valence-electron chi connectivity index (χ3n) is 7.91. The van der Waals surface area contributed by atoms with E-state index < -0.39 is 48.0 Å². The maximum absolute atomic E-state index is 13.2. The minimum absolute atomic E-state index is 0.000942. The van der Waals surface area contributed by atoms with Crippen molar-refractivity contribution >= 4 is 5.91 Å². The van der Waals surface area contributed by atoms with Gasteiger partial charge in [-0.1, -0.05) is 81.4 Å². The van der Waals surface area contributed by atoms with Crippen molar-refractivity contribution in [3.8, 4) is 0 Å². The van der Waals surface area contributed by atoms with Gasteiger partial charge in [0.2, 0.25) is 5.91 Å². The van der Waals surface area contributed by atoms with Crippen molar-refractivity contribution in [1.29, 1.82) is 0 Å². The fourth-order valence-electron chi connectivity index (χ4n) is 6.38. The Morgan fingerprint density at radius 3 is 2.00 bits per heavy atom. The highest BCUT2D eigenvalue weighted by Gasteiger charge is 2.39. The highest BCUT2D eigenvalue weighted by molar-refractivity contribution is 5.77. The van der Waals surface area contributed by atoms with E-state index in [9.17, 15) is 30.3 Å². The summed E-state index contributed by atoms with van der Waals surface area (Å²) in [5.41, 5.74) is -0.598. The van der Waals surface area contributed by atoms with Crippen molar-refractivity contribution in [2.24, 2.45) is 21.7 Å². The van der Waals surface area contributed by atoms with Crippen LogP contribution in [0.1, 0.15) is 108 Å². The second-order valence-corrected chi connectivity index (χ2v) is 15.5. The lowest BCUT2D eigenvalue weighted by molar-refractivity contribution is -0.125. The number of amides is 1. The molecule has 0 saturated heterocycles. The largest absolute Gasteiger partial charge is 0.392 e. The summed E-state index contributed by atoms with van der Waals surface area (Å²) in [6.45, 7) is 21.2. The fourth-order valence-corrected chi connectivity index (χ4v) is 6.38. The van der Waals surface area contributed by atoms with E-state index in [1.165, 1.54) is 6.08 Å². The van der Waals surface area contributed by atoms with Gasteiger partial charge in [0.05, 0.1) is 24.4 Å². The number of nitrogens with one attached hydrogen (secondary N) is 2. The molecule has 8 atom stereocenters. The molecule has 1 aliphatic rings. The number of rotatable bonds is 13. The molecule has 0 aromatic heterocycles. The van der Waals surface area contributed by atoms with E-state index in [1.54, 1.807) is 6.08 Å². The summed E-state index contributed by atoms with van der Waals surface area (Å²) in [7, 11) is 0. The van der Waals surface area contributed by atoms with E-state index in [0.29, 0.717) is 6.42 Å². The van der Waals surface area contributed by atoms with Crippen molar-refractivity contribution in [2.45, 2.75) is 150 Å². The van der Waals surface area contributed by atoms with E-state index in [4.69, 9.17) is 0 Å². The minimum atomic E-state index is -1.35. The van der Waals surface area contributed by atoms with Crippen molar-refractivity contribution < 1.29 is 30.3 Å². The Morgan fingerprint density at radius 1 is 0.923 bits per heavy atom. The Kier molecular flexibility index (Phi) is 13.1. The summed E-state index contributed by atoms with van der Waals surface area (Å²) in [5, 5.41) is 59.5. The maximum Gasteiger partial charge on any atom is 0.220 e. The molecule has 0 bridgehead atoms. The summed E-state index contributed by atoms with van der Waals surface area (Å²) in [4.78, 5) is 13.2. The van der Waals surface area contributed by atoms with Crippen LogP contribution in [-0.2, 0) is 4.79 Å². The molecule has 0 saturated carbocycles. The molecule has 0 aromatic carbocycles. The van der Waals surface area contributed by atoms with Gasteiger partial charge in [0.25, 0.3) is 0 Å². The molecule has 0 aliphatic heterocycles. The lowest BCUT2D eigenvalue weighted by Gasteiger charge is -2.40. The Bertz CT molecular complexity index is 787. The standard InChI is InChI=1S/C31H60N2O6/c1-11-31(10,19-29(5,6)7)24(36)15-23(35)21(33-25(37)16-30(8,9)18-28(2,3)4)17-32-20-13-12-14-22(34)27(39)26(20)38/h12,14,20-24,26-27,32,34-36,38-39H,11,13,15-19H2,1-10H3,(H,33,37). The Hall–Kier alpha value is -1.03. The smallest absolute Gasteiger partial charge is 0.220 e. The average Bonchev–Trinajstić information content (AvgIpc) is 2.86. The van der Waals surface area contributed by atoms with Crippen LogP contribution in [0.25, 0.3) is 0 Å².